The fourth-order valence-corrected chi connectivity index (χ4v) is 6.05. The van der Waals surface area contributed by atoms with Crippen molar-refractivity contribution in [3.8, 4) is 35.5 Å². The standard InChI is InChI=1S/C42H42N6O6/c1-7-43(8-2)34-22-13-31(14-23-34)19-28-37-40(46(49)50)38(29-20-32-15-24-35(25-16-32)44(9-3)10-4)42(48(53)54)39(41(37)47(51)52)30-21-33-17-26-36(27-18-33)45(11-5)12-6/h13-18,22-27H,7-12H2,1-6H3. The van der Waals surface area contributed by atoms with E-state index >= 15 is 0 Å². The average molecular weight is 727 g/mol. The highest BCUT2D eigenvalue weighted by Gasteiger charge is 2.41. The molecular formula is C42H42N6O6. The molecular weight excluding hydrogens is 684 g/mol. The fourth-order valence-electron chi connectivity index (χ4n) is 6.05. The maximum absolute atomic E-state index is 12.8. The van der Waals surface area contributed by atoms with Gasteiger partial charge in [-0.05, 0) is 132 Å². The first-order valence-electron chi connectivity index (χ1n) is 17.8. The molecule has 54 heavy (non-hydrogen) atoms. The zero-order valence-electron chi connectivity index (χ0n) is 31.3. The van der Waals surface area contributed by atoms with Crippen molar-refractivity contribution in [3.63, 3.8) is 0 Å². The van der Waals surface area contributed by atoms with Crippen molar-refractivity contribution in [3.05, 3.63) is 137 Å². The maximum atomic E-state index is 12.8. The molecule has 0 N–H and O–H groups in total. The number of nitrogens with zero attached hydrogens (tertiary/aromatic N) is 6. The van der Waals surface area contributed by atoms with Crippen LogP contribution >= 0.6 is 0 Å². The number of nitro groups is 3. The van der Waals surface area contributed by atoms with Gasteiger partial charge in [0, 0.05) is 73.0 Å². The Morgan fingerprint density at radius 1 is 0.389 bits per heavy atom. The topological polar surface area (TPSA) is 139 Å². The lowest BCUT2D eigenvalue weighted by Gasteiger charge is -2.20. The zero-order valence-corrected chi connectivity index (χ0v) is 31.3. The van der Waals surface area contributed by atoms with E-state index in [2.05, 4.69) is 50.2 Å². The normalized spacial score (nSPS) is 10.1. The van der Waals surface area contributed by atoms with Gasteiger partial charge >= 0.3 is 17.1 Å². The lowest BCUT2D eigenvalue weighted by molar-refractivity contribution is -0.404. The molecule has 0 heterocycles. The molecule has 0 saturated heterocycles. The second kappa shape index (κ2) is 18.6. The highest BCUT2D eigenvalue weighted by atomic mass is 16.6. The van der Waals surface area contributed by atoms with Crippen LogP contribution in [0, 0.1) is 65.9 Å². The molecule has 12 nitrogen and oxygen atoms in total. The van der Waals surface area contributed by atoms with Gasteiger partial charge in [0.05, 0.1) is 14.8 Å². The molecule has 0 aromatic heterocycles. The Hall–Kier alpha value is -6.84. The van der Waals surface area contributed by atoms with Crippen molar-refractivity contribution in [2.75, 3.05) is 54.0 Å². The summed E-state index contributed by atoms with van der Waals surface area (Å²) in [5.41, 5.74) is -0.651. The molecule has 0 amide bonds. The van der Waals surface area contributed by atoms with Crippen LogP contribution < -0.4 is 14.7 Å². The zero-order chi connectivity index (χ0) is 39.4. The van der Waals surface area contributed by atoms with E-state index in [1.165, 1.54) is 0 Å². The van der Waals surface area contributed by atoms with E-state index in [1.54, 1.807) is 36.4 Å². The van der Waals surface area contributed by atoms with E-state index in [9.17, 15) is 30.3 Å². The Kier molecular flexibility index (Phi) is 13.7. The van der Waals surface area contributed by atoms with E-state index in [1.807, 2.05) is 77.9 Å². The van der Waals surface area contributed by atoms with Crippen molar-refractivity contribution >= 4 is 34.1 Å². The van der Waals surface area contributed by atoms with Crippen LogP contribution in [0.15, 0.2) is 72.8 Å². The van der Waals surface area contributed by atoms with Gasteiger partial charge in [-0.1, -0.05) is 17.8 Å². The van der Waals surface area contributed by atoms with Gasteiger partial charge in [0.15, 0.2) is 16.7 Å². The van der Waals surface area contributed by atoms with Gasteiger partial charge in [-0.2, -0.15) is 0 Å². The number of rotatable bonds is 12. The second-order valence-electron chi connectivity index (χ2n) is 11.8. The minimum absolute atomic E-state index is 0.426. The van der Waals surface area contributed by atoms with Crippen LogP contribution in [0.5, 0.6) is 0 Å². The van der Waals surface area contributed by atoms with Crippen LogP contribution in [-0.2, 0) is 0 Å². The number of anilines is 3. The molecule has 0 unspecified atom stereocenters. The molecule has 0 aliphatic rings. The highest BCUT2D eigenvalue weighted by molar-refractivity contribution is 5.83. The molecule has 0 bridgehead atoms. The van der Waals surface area contributed by atoms with Crippen molar-refractivity contribution in [1.82, 2.24) is 0 Å². The number of benzene rings is 4. The largest absolute Gasteiger partial charge is 0.372 e. The Balaban J connectivity index is 2.03. The van der Waals surface area contributed by atoms with Gasteiger partial charge in [-0.25, -0.2) is 0 Å². The van der Waals surface area contributed by atoms with Crippen LogP contribution in [0.3, 0.4) is 0 Å². The third-order valence-electron chi connectivity index (χ3n) is 8.95. The number of hydrogen-bond donors (Lipinski definition) is 0. The summed E-state index contributed by atoms with van der Waals surface area (Å²) in [7, 11) is 0. The average Bonchev–Trinajstić information content (AvgIpc) is 3.17. The van der Waals surface area contributed by atoms with Crippen LogP contribution in [0.2, 0.25) is 0 Å². The summed E-state index contributed by atoms with van der Waals surface area (Å²) < 4.78 is 0. The fraction of sp³-hybridized carbons (Fsp3) is 0.286. The predicted molar refractivity (Wildman–Crippen MR) is 214 cm³/mol. The summed E-state index contributed by atoms with van der Waals surface area (Å²) >= 11 is 0. The molecule has 0 aliphatic heterocycles. The molecule has 12 heteroatoms. The van der Waals surface area contributed by atoms with Crippen LogP contribution in [0.25, 0.3) is 0 Å². The van der Waals surface area contributed by atoms with E-state index < -0.39 is 48.5 Å². The maximum Gasteiger partial charge on any atom is 0.314 e. The first kappa shape index (κ1) is 39.9. The van der Waals surface area contributed by atoms with Crippen molar-refractivity contribution < 1.29 is 14.8 Å². The highest BCUT2D eigenvalue weighted by Crippen LogP contribution is 2.42. The molecule has 0 saturated carbocycles. The minimum Gasteiger partial charge on any atom is -0.372 e. The lowest BCUT2D eigenvalue weighted by Crippen LogP contribution is -2.21. The van der Waals surface area contributed by atoms with E-state index in [4.69, 9.17) is 0 Å². The molecule has 4 rings (SSSR count). The first-order valence-corrected chi connectivity index (χ1v) is 17.8. The first-order chi connectivity index (χ1) is 26.0. The van der Waals surface area contributed by atoms with Gasteiger partial charge < -0.3 is 14.7 Å². The van der Waals surface area contributed by atoms with E-state index in [0.717, 1.165) is 56.3 Å². The molecule has 0 fully saturated rings. The van der Waals surface area contributed by atoms with Gasteiger partial charge in [0.25, 0.3) is 0 Å². The third kappa shape index (κ3) is 9.14. The summed E-state index contributed by atoms with van der Waals surface area (Å²) in [6, 6.07) is 21.2. The number of nitro benzene ring substituents is 3. The molecule has 0 aliphatic carbocycles. The summed E-state index contributed by atoms with van der Waals surface area (Å²) in [6.45, 7) is 16.8. The molecule has 0 spiro atoms. The third-order valence-corrected chi connectivity index (χ3v) is 8.95. The summed E-state index contributed by atoms with van der Waals surface area (Å²) in [6.07, 6.45) is 0. The van der Waals surface area contributed by atoms with Gasteiger partial charge in [-0.3, -0.25) is 30.3 Å². The molecule has 4 aromatic rings. The molecule has 0 radical (unpaired) electrons. The minimum atomic E-state index is -0.943. The monoisotopic (exact) mass is 726 g/mol. The smallest absolute Gasteiger partial charge is 0.314 e. The van der Waals surface area contributed by atoms with Gasteiger partial charge in [-0.15, -0.1) is 0 Å². The van der Waals surface area contributed by atoms with Crippen molar-refractivity contribution in [1.29, 1.82) is 0 Å². The Labute approximate surface area is 315 Å². The van der Waals surface area contributed by atoms with Crippen LogP contribution in [0.1, 0.15) is 74.9 Å². The van der Waals surface area contributed by atoms with Crippen LogP contribution in [0.4, 0.5) is 34.1 Å². The van der Waals surface area contributed by atoms with E-state index in [-0.39, 0.29) is 0 Å². The Morgan fingerprint density at radius 3 is 0.759 bits per heavy atom. The van der Waals surface area contributed by atoms with E-state index in [0.29, 0.717) is 16.7 Å². The molecule has 276 valence electrons. The van der Waals surface area contributed by atoms with Crippen molar-refractivity contribution in [2.45, 2.75) is 41.5 Å². The Morgan fingerprint density at radius 2 is 0.593 bits per heavy atom. The SMILES string of the molecule is CCN(CC)c1ccc(C#Cc2c([N+](=O)[O-])c(C#Cc3ccc(N(CC)CC)cc3)c([N+](=O)[O-])c(C#Cc3ccc(N(CC)CC)cc3)c2[N+](=O)[O-])cc1. The molecule has 0 atom stereocenters. The lowest BCUT2D eigenvalue weighted by atomic mass is 9.96. The Bertz CT molecular complexity index is 1920. The molecule has 4 aromatic carbocycles. The van der Waals surface area contributed by atoms with Gasteiger partial charge in [0.1, 0.15) is 0 Å². The van der Waals surface area contributed by atoms with Gasteiger partial charge in [0.2, 0.25) is 0 Å². The number of hydrogen-bond acceptors (Lipinski definition) is 9. The summed E-state index contributed by atoms with van der Waals surface area (Å²) in [4.78, 5) is 42.0. The summed E-state index contributed by atoms with van der Waals surface area (Å²) in [5.74, 6) is 16.3. The van der Waals surface area contributed by atoms with Crippen LogP contribution in [-0.4, -0.2) is 54.0 Å². The quantitative estimate of drug-likeness (QED) is 0.0804. The predicted octanol–water partition coefficient (Wildman–Crippen LogP) is 8.15. The summed E-state index contributed by atoms with van der Waals surface area (Å²) in [5, 5.41) is 38.4. The second-order valence-corrected chi connectivity index (χ2v) is 11.8. The van der Waals surface area contributed by atoms with Crippen molar-refractivity contribution in [2.24, 2.45) is 0 Å².